The second-order valence-corrected chi connectivity index (χ2v) is 7.21. The minimum absolute atomic E-state index is 0.577. The molecule has 1 saturated heterocycles. The Bertz CT molecular complexity index is 822. The predicted molar refractivity (Wildman–Crippen MR) is 115 cm³/mol. The second-order valence-electron chi connectivity index (χ2n) is 7.21. The van der Waals surface area contributed by atoms with Crippen molar-refractivity contribution in [3.63, 3.8) is 0 Å². The van der Waals surface area contributed by atoms with Gasteiger partial charge in [-0.05, 0) is 6.07 Å². The number of methoxy groups -OCH3 is 3. The number of ether oxygens (including phenoxy) is 4. The molecule has 1 aromatic heterocycles. The smallest absolute Gasteiger partial charge is 0.204 e. The topological polar surface area (TPSA) is 68.3 Å². The third-order valence-corrected chi connectivity index (χ3v) is 5.13. The van der Waals surface area contributed by atoms with Crippen LogP contribution in [-0.4, -0.2) is 84.7 Å². The first kappa shape index (κ1) is 21.4. The molecule has 160 valence electrons. The van der Waals surface area contributed by atoms with Crippen LogP contribution in [0.25, 0.3) is 10.9 Å². The minimum atomic E-state index is 0.577. The zero-order chi connectivity index (χ0) is 20.8. The molecule has 1 fully saturated rings. The van der Waals surface area contributed by atoms with Gasteiger partial charge in [0.15, 0.2) is 11.5 Å². The van der Waals surface area contributed by atoms with Crippen molar-refractivity contribution in [3.8, 4) is 17.2 Å². The SMILES string of the molecule is COc1cc2nc(N(C)C)c(CNCCN3CCOCC3)cc2c(OC)c1OC. The standard InChI is InChI=1S/C21H32N4O4/c1-24(2)21-15(14-22-6-7-25-8-10-29-11-9-25)12-16-17(23-21)13-18(26-3)20(28-5)19(16)27-4/h12-13,22H,6-11,14H2,1-5H3. The predicted octanol–water partition coefficient (Wildman–Crippen LogP) is 1.75. The van der Waals surface area contributed by atoms with E-state index in [-0.39, 0.29) is 0 Å². The van der Waals surface area contributed by atoms with Gasteiger partial charge < -0.3 is 29.2 Å². The molecule has 1 aromatic carbocycles. The monoisotopic (exact) mass is 404 g/mol. The quantitative estimate of drug-likeness (QED) is 0.634. The molecule has 1 N–H and O–H groups in total. The molecule has 0 radical (unpaired) electrons. The average Bonchev–Trinajstić information content (AvgIpc) is 2.75. The Morgan fingerprint density at radius 2 is 1.79 bits per heavy atom. The van der Waals surface area contributed by atoms with Gasteiger partial charge in [-0.15, -0.1) is 0 Å². The highest BCUT2D eigenvalue weighted by Gasteiger charge is 2.19. The van der Waals surface area contributed by atoms with Crippen molar-refractivity contribution in [1.82, 2.24) is 15.2 Å². The van der Waals surface area contributed by atoms with Crippen LogP contribution in [0.4, 0.5) is 5.82 Å². The third-order valence-electron chi connectivity index (χ3n) is 5.13. The van der Waals surface area contributed by atoms with Crippen LogP contribution < -0.4 is 24.4 Å². The summed E-state index contributed by atoms with van der Waals surface area (Å²) in [6.45, 7) is 6.29. The van der Waals surface area contributed by atoms with Gasteiger partial charge in [-0.2, -0.15) is 0 Å². The highest BCUT2D eigenvalue weighted by atomic mass is 16.5. The van der Waals surface area contributed by atoms with E-state index < -0.39 is 0 Å². The highest BCUT2D eigenvalue weighted by Crippen LogP contribution is 2.43. The average molecular weight is 405 g/mol. The maximum absolute atomic E-state index is 5.65. The fourth-order valence-electron chi connectivity index (χ4n) is 3.62. The number of benzene rings is 1. The molecule has 2 heterocycles. The Labute approximate surface area is 172 Å². The zero-order valence-corrected chi connectivity index (χ0v) is 18.1. The largest absolute Gasteiger partial charge is 0.493 e. The number of pyridine rings is 1. The molecular weight excluding hydrogens is 372 g/mol. The van der Waals surface area contributed by atoms with Crippen molar-refractivity contribution in [1.29, 1.82) is 0 Å². The lowest BCUT2D eigenvalue weighted by molar-refractivity contribution is 0.0384. The van der Waals surface area contributed by atoms with Crippen molar-refractivity contribution in [2.75, 3.05) is 79.7 Å². The maximum atomic E-state index is 5.65. The van der Waals surface area contributed by atoms with Crippen molar-refractivity contribution in [2.45, 2.75) is 6.54 Å². The molecule has 0 bridgehead atoms. The molecule has 3 rings (SSSR count). The molecule has 1 aliphatic heterocycles. The summed E-state index contributed by atoms with van der Waals surface area (Å²) < 4.78 is 22.1. The number of aromatic nitrogens is 1. The van der Waals surface area contributed by atoms with E-state index in [1.54, 1.807) is 21.3 Å². The van der Waals surface area contributed by atoms with Crippen LogP contribution in [0.15, 0.2) is 12.1 Å². The number of hydrogen-bond acceptors (Lipinski definition) is 8. The molecular formula is C21H32N4O4. The van der Waals surface area contributed by atoms with Gasteiger partial charge in [0, 0.05) is 63.8 Å². The number of nitrogens with one attached hydrogen (secondary N) is 1. The van der Waals surface area contributed by atoms with E-state index in [1.165, 1.54) is 0 Å². The van der Waals surface area contributed by atoms with Crippen LogP contribution in [0.5, 0.6) is 17.2 Å². The molecule has 2 aromatic rings. The van der Waals surface area contributed by atoms with Gasteiger partial charge in [0.1, 0.15) is 5.82 Å². The van der Waals surface area contributed by atoms with Crippen LogP contribution in [-0.2, 0) is 11.3 Å². The lowest BCUT2D eigenvalue weighted by atomic mass is 10.1. The summed E-state index contributed by atoms with van der Waals surface area (Å²) in [5, 5.41) is 4.46. The molecule has 1 aliphatic rings. The van der Waals surface area contributed by atoms with E-state index in [0.29, 0.717) is 17.2 Å². The van der Waals surface area contributed by atoms with Crippen LogP contribution in [0.2, 0.25) is 0 Å². The van der Waals surface area contributed by atoms with E-state index >= 15 is 0 Å². The number of anilines is 1. The van der Waals surface area contributed by atoms with E-state index in [9.17, 15) is 0 Å². The molecule has 29 heavy (non-hydrogen) atoms. The Hall–Kier alpha value is -2.29. The highest BCUT2D eigenvalue weighted by molar-refractivity contribution is 5.92. The van der Waals surface area contributed by atoms with Gasteiger partial charge in [-0.25, -0.2) is 4.98 Å². The summed E-state index contributed by atoms with van der Waals surface area (Å²) in [5.74, 6) is 2.73. The van der Waals surface area contributed by atoms with E-state index in [1.807, 2.05) is 25.1 Å². The van der Waals surface area contributed by atoms with Gasteiger partial charge in [0.2, 0.25) is 5.75 Å². The maximum Gasteiger partial charge on any atom is 0.204 e. The third kappa shape index (κ3) is 4.83. The van der Waals surface area contributed by atoms with Gasteiger partial charge in [0.25, 0.3) is 0 Å². The summed E-state index contributed by atoms with van der Waals surface area (Å²) in [7, 11) is 8.87. The molecule has 8 heteroatoms. The van der Waals surface area contributed by atoms with E-state index in [4.69, 9.17) is 23.9 Å². The number of rotatable bonds is 9. The van der Waals surface area contributed by atoms with Crippen LogP contribution in [0, 0.1) is 0 Å². The summed E-state index contributed by atoms with van der Waals surface area (Å²) in [6.07, 6.45) is 0. The normalized spacial score (nSPS) is 14.8. The molecule has 0 amide bonds. The number of nitrogens with zero attached hydrogens (tertiary/aromatic N) is 3. The van der Waals surface area contributed by atoms with Crippen LogP contribution in [0.1, 0.15) is 5.56 Å². The lowest BCUT2D eigenvalue weighted by Gasteiger charge is -2.26. The summed E-state index contributed by atoms with van der Waals surface area (Å²) in [5.41, 5.74) is 1.91. The minimum Gasteiger partial charge on any atom is -0.493 e. The fraction of sp³-hybridized carbons (Fsp3) is 0.571. The van der Waals surface area contributed by atoms with Crippen molar-refractivity contribution >= 4 is 16.7 Å². The van der Waals surface area contributed by atoms with E-state index in [0.717, 1.165) is 68.2 Å². The van der Waals surface area contributed by atoms with Crippen molar-refractivity contribution < 1.29 is 18.9 Å². The molecule has 0 unspecified atom stereocenters. The molecule has 0 spiro atoms. The number of hydrogen-bond donors (Lipinski definition) is 1. The Balaban J connectivity index is 1.85. The fourth-order valence-corrected chi connectivity index (χ4v) is 3.62. The first-order chi connectivity index (χ1) is 14.1. The van der Waals surface area contributed by atoms with Crippen molar-refractivity contribution in [3.05, 3.63) is 17.7 Å². The lowest BCUT2D eigenvalue weighted by Crippen LogP contribution is -2.40. The molecule has 8 nitrogen and oxygen atoms in total. The Morgan fingerprint density at radius 3 is 2.41 bits per heavy atom. The Kier molecular flexibility index (Phi) is 7.35. The van der Waals surface area contributed by atoms with Crippen LogP contribution in [0.3, 0.4) is 0 Å². The molecule has 0 saturated carbocycles. The van der Waals surface area contributed by atoms with Gasteiger partial charge in [0.05, 0.1) is 40.1 Å². The zero-order valence-electron chi connectivity index (χ0n) is 18.1. The number of morpholine rings is 1. The first-order valence-corrected chi connectivity index (χ1v) is 9.89. The summed E-state index contributed by atoms with van der Waals surface area (Å²) in [4.78, 5) is 9.33. The van der Waals surface area contributed by atoms with Gasteiger partial charge in [-0.1, -0.05) is 0 Å². The molecule has 0 atom stereocenters. The number of fused-ring (bicyclic) bond motifs is 1. The molecule has 0 aliphatic carbocycles. The van der Waals surface area contributed by atoms with Gasteiger partial charge in [-0.3, -0.25) is 4.90 Å². The van der Waals surface area contributed by atoms with Gasteiger partial charge >= 0.3 is 0 Å². The van der Waals surface area contributed by atoms with Crippen LogP contribution >= 0.6 is 0 Å². The summed E-state index contributed by atoms with van der Waals surface area (Å²) >= 11 is 0. The van der Waals surface area contributed by atoms with Crippen molar-refractivity contribution in [2.24, 2.45) is 0 Å². The van der Waals surface area contributed by atoms with E-state index in [2.05, 4.69) is 16.3 Å². The summed E-state index contributed by atoms with van der Waals surface area (Å²) in [6, 6.07) is 4.01. The Morgan fingerprint density at radius 1 is 1.07 bits per heavy atom. The first-order valence-electron chi connectivity index (χ1n) is 9.89. The second kappa shape index (κ2) is 9.96.